The molecule has 0 aliphatic carbocycles. The van der Waals surface area contributed by atoms with Crippen LogP contribution in [0, 0.1) is 0 Å². The molecular formula is C19H17F5N6O3. The Bertz CT molecular complexity index is 1140. The van der Waals surface area contributed by atoms with E-state index in [0.29, 0.717) is 16.2 Å². The minimum absolute atomic E-state index is 0.0341. The minimum atomic E-state index is -4.46. The number of alkyl halides is 5. The highest BCUT2D eigenvalue weighted by molar-refractivity contribution is 5.85. The van der Waals surface area contributed by atoms with E-state index in [0.717, 1.165) is 12.1 Å². The van der Waals surface area contributed by atoms with E-state index in [9.17, 15) is 31.9 Å². The Kier molecular flexibility index (Phi) is 5.78. The van der Waals surface area contributed by atoms with Crippen molar-refractivity contribution in [1.82, 2.24) is 24.9 Å². The second-order valence-electron chi connectivity index (χ2n) is 7.33. The minimum Gasteiger partial charge on any atom is -0.420 e. The van der Waals surface area contributed by atoms with Crippen LogP contribution in [-0.2, 0) is 18.0 Å². The van der Waals surface area contributed by atoms with E-state index in [2.05, 4.69) is 20.6 Å². The van der Waals surface area contributed by atoms with Crippen molar-refractivity contribution < 1.29 is 36.3 Å². The maximum Gasteiger partial charge on any atom is 0.416 e. The fraction of sp³-hybridized carbons (Fsp3) is 0.368. The van der Waals surface area contributed by atoms with Crippen molar-refractivity contribution in [2.45, 2.75) is 31.2 Å². The van der Waals surface area contributed by atoms with Crippen LogP contribution in [-0.4, -0.2) is 55.1 Å². The van der Waals surface area contributed by atoms with Gasteiger partial charge in [0.15, 0.2) is 12.0 Å². The average Bonchev–Trinajstić information content (AvgIpc) is 3.45. The fourth-order valence-corrected chi connectivity index (χ4v) is 3.43. The molecule has 1 aliphatic heterocycles. The summed E-state index contributed by atoms with van der Waals surface area (Å²) in [6.45, 7) is -0.0969. The van der Waals surface area contributed by atoms with Crippen LogP contribution in [0.15, 0.2) is 34.9 Å². The van der Waals surface area contributed by atoms with Gasteiger partial charge in [-0.2, -0.15) is 18.3 Å². The molecule has 3 aromatic rings. The van der Waals surface area contributed by atoms with Gasteiger partial charge in [-0.1, -0.05) is 0 Å². The number of aliphatic hydroxyl groups excluding tert-OH is 1. The number of aryl methyl sites for hydroxylation is 1. The number of likely N-dealkylation sites (tertiary alicyclic amines) is 1. The van der Waals surface area contributed by atoms with Crippen molar-refractivity contribution in [2.75, 3.05) is 11.9 Å². The number of anilines is 2. The van der Waals surface area contributed by atoms with Gasteiger partial charge in [0.05, 0.1) is 5.56 Å². The van der Waals surface area contributed by atoms with Gasteiger partial charge < -0.3 is 19.7 Å². The quantitative estimate of drug-likeness (QED) is 0.531. The summed E-state index contributed by atoms with van der Waals surface area (Å²) in [5, 5.41) is 24.3. The molecule has 0 radical (unpaired) electrons. The summed E-state index contributed by atoms with van der Waals surface area (Å²) in [5.74, 6) is -1.67. The zero-order valence-corrected chi connectivity index (χ0v) is 16.9. The largest absolute Gasteiger partial charge is 0.420 e. The van der Waals surface area contributed by atoms with Crippen LogP contribution in [0.1, 0.15) is 23.8 Å². The average molecular weight is 472 g/mol. The molecular weight excluding hydrogens is 455 g/mol. The van der Waals surface area contributed by atoms with E-state index >= 15 is 0 Å². The topological polar surface area (TPSA) is 109 Å². The molecule has 9 nitrogen and oxygen atoms in total. The molecule has 2 atom stereocenters. The highest BCUT2D eigenvalue weighted by atomic mass is 19.4. The fourth-order valence-electron chi connectivity index (χ4n) is 3.43. The molecule has 176 valence electrons. The van der Waals surface area contributed by atoms with E-state index < -0.39 is 36.2 Å². The number of benzene rings is 1. The Morgan fingerprint density at radius 1 is 1.21 bits per heavy atom. The lowest BCUT2D eigenvalue weighted by Gasteiger charge is -2.22. The van der Waals surface area contributed by atoms with Gasteiger partial charge in [-0.25, -0.2) is 8.78 Å². The van der Waals surface area contributed by atoms with Gasteiger partial charge >= 0.3 is 6.18 Å². The Balaban J connectivity index is 1.54. The van der Waals surface area contributed by atoms with Gasteiger partial charge in [0.2, 0.25) is 11.8 Å². The first kappa shape index (κ1) is 22.6. The maximum absolute atomic E-state index is 12.8. The Hall–Kier alpha value is -3.55. The lowest BCUT2D eigenvalue weighted by atomic mass is 10.1. The summed E-state index contributed by atoms with van der Waals surface area (Å²) in [5.41, 5.74) is -0.167. The smallest absolute Gasteiger partial charge is 0.416 e. The predicted molar refractivity (Wildman–Crippen MR) is 102 cm³/mol. The third-order valence-corrected chi connectivity index (χ3v) is 5.06. The van der Waals surface area contributed by atoms with E-state index in [1.54, 1.807) is 7.05 Å². The first-order valence-corrected chi connectivity index (χ1v) is 9.63. The Labute approximate surface area is 182 Å². The number of aromatic nitrogens is 4. The molecule has 1 aromatic carbocycles. The van der Waals surface area contributed by atoms with Crippen LogP contribution in [0.25, 0.3) is 11.5 Å². The molecule has 0 saturated carbocycles. The van der Waals surface area contributed by atoms with Crippen LogP contribution in [0.5, 0.6) is 0 Å². The standard InChI is InChI=1S/C19H17F5N6O3/c1-29-8-12(14(28-29)25-10-4-2-9(3-5-10)19(22,23)24)16-27-26-15(33-16)11-6-7-30(17(11)31)18(32)13(20)21/h2-5,8,11,13,18,32H,6-7H2,1H3,(H,25,28). The highest BCUT2D eigenvalue weighted by Gasteiger charge is 2.42. The van der Waals surface area contributed by atoms with E-state index in [1.807, 2.05) is 0 Å². The molecule has 3 heterocycles. The summed E-state index contributed by atoms with van der Waals surface area (Å²) in [6.07, 6.45) is -8.17. The monoisotopic (exact) mass is 472 g/mol. The first-order valence-electron chi connectivity index (χ1n) is 9.63. The summed E-state index contributed by atoms with van der Waals surface area (Å²) >= 11 is 0. The molecule has 4 rings (SSSR count). The number of amides is 1. The summed E-state index contributed by atoms with van der Waals surface area (Å²) in [4.78, 5) is 13.1. The number of carbonyl (C=O) groups excluding carboxylic acids is 1. The molecule has 2 unspecified atom stereocenters. The maximum atomic E-state index is 12.8. The molecule has 33 heavy (non-hydrogen) atoms. The Morgan fingerprint density at radius 2 is 1.91 bits per heavy atom. The van der Waals surface area contributed by atoms with Crippen LogP contribution < -0.4 is 5.32 Å². The van der Waals surface area contributed by atoms with Crippen molar-refractivity contribution in [2.24, 2.45) is 7.05 Å². The molecule has 0 bridgehead atoms. The summed E-state index contributed by atoms with van der Waals surface area (Å²) in [7, 11) is 1.60. The van der Waals surface area contributed by atoms with Gasteiger partial charge in [-0.3, -0.25) is 9.48 Å². The molecule has 1 saturated heterocycles. The third kappa shape index (κ3) is 4.51. The van der Waals surface area contributed by atoms with Crippen molar-refractivity contribution in [1.29, 1.82) is 0 Å². The second kappa shape index (κ2) is 8.42. The molecule has 1 aliphatic rings. The number of rotatable bonds is 6. The molecule has 1 amide bonds. The zero-order chi connectivity index (χ0) is 23.9. The number of halogens is 5. The van der Waals surface area contributed by atoms with Crippen LogP contribution >= 0.6 is 0 Å². The molecule has 2 aromatic heterocycles. The van der Waals surface area contributed by atoms with E-state index in [1.165, 1.54) is 23.0 Å². The first-order chi connectivity index (χ1) is 15.5. The van der Waals surface area contributed by atoms with Gasteiger partial charge in [0.1, 0.15) is 11.5 Å². The summed E-state index contributed by atoms with van der Waals surface area (Å²) < 4.78 is 70.8. The lowest BCUT2D eigenvalue weighted by molar-refractivity contribution is -0.149. The van der Waals surface area contributed by atoms with Crippen molar-refractivity contribution >= 4 is 17.4 Å². The SMILES string of the molecule is Cn1cc(-c2nnc(C3CCN(C(O)C(F)F)C3=O)o2)c(Nc2ccc(C(F)(F)F)cc2)n1. The van der Waals surface area contributed by atoms with Gasteiger partial charge in [-0.05, 0) is 30.7 Å². The van der Waals surface area contributed by atoms with Gasteiger partial charge in [-0.15, -0.1) is 10.2 Å². The summed E-state index contributed by atoms with van der Waals surface area (Å²) in [6, 6.07) is 4.31. The van der Waals surface area contributed by atoms with Crippen LogP contribution in [0.3, 0.4) is 0 Å². The number of aliphatic hydroxyl groups is 1. The molecule has 14 heteroatoms. The van der Waals surface area contributed by atoms with Crippen molar-refractivity contribution in [3.05, 3.63) is 41.9 Å². The Morgan fingerprint density at radius 3 is 2.55 bits per heavy atom. The molecule has 2 N–H and O–H groups in total. The van der Waals surface area contributed by atoms with Crippen LogP contribution in [0.2, 0.25) is 0 Å². The highest BCUT2D eigenvalue weighted by Crippen LogP contribution is 2.34. The number of carbonyl (C=O) groups is 1. The number of nitrogens with one attached hydrogen (secondary N) is 1. The van der Waals surface area contributed by atoms with E-state index in [-0.39, 0.29) is 30.6 Å². The van der Waals surface area contributed by atoms with Gasteiger partial charge in [0.25, 0.3) is 12.3 Å². The number of nitrogens with zero attached hydrogens (tertiary/aromatic N) is 5. The third-order valence-electron chi connectivity index (χ3n) is 5.06. The zero-order valence-electron chi connectivity index (χ0n) is 16.9. The van der Waals surface area contributed by atoms with Crippen LogP contribution in [0.4, 0.5) is 33.5 Å². The van der Waals surface area contributed by atoms with E-state index in [4.69, 9.17) is 4.42 Å². The number of hydrogen-bond donors (Lipinski definition) is 2. The molecule has 0 spiro atoms. The van der Waals surface area contributed by atoms with Gasteiger partial charge in [0, 0.05) is 25.5 Å². The lowest BCUT2D eigenvalue weighted by Crippen LogP contribution is -2.41. The van der Waals surface area contributed by atoms with Crippen molar-refractivity contribution in [3.8, 4) is 11.5 Å². The van der Waals surface area contributed by atoms with Crippen molar-refractivity contribution in [3.63, 3.8) is 0 Å². The normalized spacial score (nSPS) is 17.8. The second-order valence-corrected chi connectivity index (χ2v) is 7.33. The number of hydrogen-bond acceptors (Lipinski definition) is 7. The predicted octanol–water partition coefficient (Wildman–Crippen LogP) is 3.13. The molecule has 1 fully saturated rings.